The summed E-state index contributed by atoms with van der Waals surface area (Å²) in [5.74, 6) is 0.463. The summed E-state index contributed by atoms with van der Waals surface area (Å²) in [6.07, 6.45) is 0.624. The molecule has 0 radical (unpaired) electrons. The van der Waals surface area contributed by atoms with E-state index in [1.807, 2.05) is 0 Å². The van der Waals surface area contributed by atoms with Gasteiger partial charge in [-0.15, -0.1) is 21.8 Å². The fraction of sp³-hybridized carbons (Fsp3) is 0.273. The van der Waals surface area contributed by atoms with Gasteiger partial charge < -0.3 is 0 Å². The topological polar surface area (TPSA) is 68.9 Å². The molecule has 1 aromatic carbocycles. The van der Waals surface area contributed by atoms with E-state index >= 15 is 0 Å². The normalized spacial score (nSPS) is 10.6. The predicted molar refractivity (Wildman–Crippen MR) is 71.2 cm³/mol. The number of aryl methyl sites for hydroxylation is 2. The summed E-state index contributed by atoms with van der Waals surface area (Å²) >= 11 is 6.97. The number of hydrogen-bond acceptors (Lipinski definition) is 5. The Kier molecular flexibility index (Phi) is 3.88. The summed E-state index contributed by atoms with van der Waals surface area (Å²) in [4.78, 5) is 10.7. The van der Waals surface area contributed by atoms with Crippen LogP contribution in [-0.2, 0) is 6.42 Å². The van der Waals surface area contributed by atoms with Gasteiger partial charge in [0.05, 0.1) is 10.5 Å². The summed E-state index contributed by atoms with van der Waals surface area (Å²) in [7, 11) is 0. The van der Waals surface area contributed by atoms with E-state index in [1.54, 1.807) is 25.1 Å². The number of nitro groups is 1. The molecule has 5 nitrogen and oxygen atoms in total. The molecule has 18 heavy (non-hydrogen) atoms. The Morgan fingerprint density at radius 2 is 2.22 bits per heavy atom. The lowest BCUT2D eigenvalue weighted by Crippen LogP contribution is -1.94. The molecule has 0 aliphatic heterocycles. The number of nitro benzene ring substituents is 1. The highest BCUT2D eigenvalue weighted by atomic mass is 35.5. The maximum atomic E-state index is 11.1. The van der Waals surface area contributed by atoms with Crippen LogP contribution in [0.2, 0.25) is 0 Å². The molecule has 0 saturated carbocycles. The Balaban J connectivity index is 2.49. The number of nitrogens with zero attached hydrogens (tertiary/aromatic N) is 3. The summed E-state index contributed by atoms with van der Waals surface area (Å²) in [6, 6.07) is 5.18. The minimum atomic E-state index is -0.382. The summed E-state index contributed by atoms with van der Waals surface area (Å²) in [5, 5.41) is 20.4. The van der Waals surface area contributed by atoms with Crippen molar-refractivity contribution in [3.05, 3.63) is 38.9 Å². The monoisotopic (exact) mass is 283 g/mol. The van der Waals surface area contributed by atoms with Crippen LogP contribution in [0.15, 0.2) is 18.2 Å². The lowest BCUT2D eigenvalue weighted by molar-refractivity contribution is -0.384. The zero-order chi connectivity index (χ0) is 13.1. The van der Waals surface area contributed by atoms with E-state index in [9.17, 15) is 10.1 Å². The van der Waals surface area contributed by atoms with Crippen LogP contribution < -0.4 is 0 Å². The van der Waals surface area contributed by atoms with Crippen molar-refractivity contribution >= 4 is 28.6 Å². The van der Waals surface area contributed by atoms with Gasteiger partial charge in [-0.05, 0) is 13.0 Å². The van der Waals surface area contributed by atoms with Crippen LogP contribution in [0.5, 0.6) is 0 Å². The van der Waals surface area contributed by atoms with Gasteiger partial charge in [-0.1, -0.05) is 23.5 Å². The molecule has 2 rings (SSSR count). The fourth-order valence-corrected chi connectivity index (χ4v) is 2.77. The number of hydrogen-bond donors (Lipinski definition) is 0. The second-order valence-electron chi connectivity index (χ2n) is 3.67. The molecular weight excluding hydrogens is 274 g/mol. The molecule has 0 aliphatic rings. The zero-order valence-corrected chi connectivity index (χ0v) is 11.2. The van der Waals surface area contributed by atoms with Crippen molar-refractivity contribution < 1.29 is 4.92 Å². The fourth-order valence-electron chi connectivity index (χ4n) is 1.62. The molecule has 0 spiro atoms. The van der Waals surface area contributed by atoms with Gasteiger partial charge >= 0.3 is 0 Å². The zero-order valence-electron chi connectivity index (χ0n) is 9.59. The van der Waals surface area contributed by atoms with Crippen LogP contribution in [-0.4, -0.2) is 21.0 Å². The maximum Gasteiger partial charge on any atom is 0.282 e. The van der Waals surface area contributed by atoms with Crippen molar-refractivity contribution in [3.8, 4) is 10.6 Å². The Labute approximate surface area is 113 Å². The first kappa shape index (κ1) is 12.9. The lowest BCUT2D eigenvalue weighted by Gasteiger charge is -2.01. The second-order valence-corrected chi connectivity index (χ2v) is 5.11. The standard InChI is InChI=1S/C11H10ClN3O2S/c1-7-3-2-4-8(10(7)15(16)17)11-14-13-9(18-11)5-6-12/h2-4H,5-6H2,1H3. The highest BCUT2D eigenvalue weighted by Gasteiger charge is 2.20. The number of benzene rings is 1. The van der Waals surface area contributed by atoms with Gasteiger partial charge in [0, 0.05) is 17.9 Å². The van der Waals surface area contributed by atoms with Gasteiger partial charge in [0.2, 0.25) is 0 Å². The van der Waals surface area contributed by atoms with Crippen LogP contribution in [0.25, 0.3) is 10.6 Å². The molecule has 0 saturated heterocycles. The minimum Gasteiger partial charge on any atom is -0.258 e. The Hall–Kier alpha value is -1.53. The van der Waals surface area contributed by atoms with Gasteiger partial charge in [0.15, 0.2) is 5.01 Å². The van der Waals surface area contributed by atoms with Crippen LogP contribution in [0, 0.1) is 17.0 Å². The van der Waals surface area contributed by atoms with Crippen LogP contribution in [0.3, 0.4) is 0 Å². The van der Waals surface area contributed by atoms with E-state index in [-0.39, 0.29) is 10.6 Å². The van der Waals surface area contributed by atoms with Gasteiger partial charge in [0.1, 0.15) is 5.01 Å². The SMILES string of the molecule is Cc1cccc(-c2nnc(CCCl)s2)c1[N+](=O)[O-]. The second kappa shape index (κ2) is 5.41. The van der Waals surface area contributed by atoms with Crippen molar-refractivity contribution in [2.24, 2.45) is 0 Å². The Bertz CT molecular complexity index is 585. The molecule has 1 heterocycles. The van der Waals surface area contributed by atoms with E-state index in [1.165, 1.54) is 11.3 Å². The highest BCUT2D eigenvalue weighted by Crippen LogP contribution is 2.34. The van der Waals surface area contributed by atoms with Gasteiger partial charge in [0.25, 0.3) is 5.69 Å². The number of para-hydroxylation sites is 1. The summed E-state index contributed by atoms with van der Waals surface area (Å²) in [6.45, 7) is 1.71. The lowest BCUT2D eigenvalue weighted by atomic mass is 10.1. The maximum absolute atomic E-state index is 11.1. The molecule has 1 aromatic heterocycles. The molecule has 0 bridgehead atoms. The van der Waals surface area contributed by atoms with Crippen molar-refractivity contribution in [2.75, 3.05) is 5.88 Å². The largest absolute Gasteiger partial charge is 0.282 e. The molecule has 0 N–H and O–H groups in total. The van der Waals surface area contributed by atoms with Gasteiger partial charge in [-0.3, -0.25) is 10.1 Å². The molecule has 7 heteroatoms. The predicted octanol–water partition coefficient (Wildman–Crippen LogP) is 3.20. The van der Waals surface area contributed by atoms with E-state index in [2.05, 4.69) is 10.2 Å². The molecule has 0 aliphatic carbocycles. The highest BCUT2D eigenvalue weighted by molar-refractivity contribution is 7.14. The van der Waals surface area contributed by atoms with Gasteiger partial charge in [-0.2, -0.15) is 0 Å². The average molecular weight is 284 g/mol. The molecular formula is C11H10ClN3O2S. The molecule has 2 aromatic rings. The molecule has 0 atom stereocenters. The molecule has 0 unspecified atom stereocenters. The van der Waals surface area contributed by atoms with E-state index in [0.29, 0.717) is 28.4 Å². The third-order valence-electron chi connectivity index (χ3n) is 2.43. The first-order chi connectivity index (χ1) is 8.63. The number of rotatable bonds is 4. The van der Waals surface area contributed by atoms with Crippen molar-refractivity contribution in [1.82, 2.24) is 10.2 Å². The quantitative estimate of drug-likeness (QED) is 0.491. The van der Waals surface area contributed by atoms with Crippen molar-refractivity contribution in [3.63, 3.8) is 0 Å². The van der Waals surface area contributed by atoms with Gasteiger partial charge in [-0.25, -0.2) is 0 Å². The number of alkyl halides is 1. The average Bonchev–Trinajstić information content (AvgIpc) is 2.77. The smallest absolute Gasteiger partial charge is 0.258 e. The Morgan fingerprint density at radius 1 is 1.44 bits per heavy atom. The van der Waals surface area contributed by atoms with Crippen LogP contribution >= 0.6 is 22.9 Å². The van der Waals surface area contributed by atoms with E-state index < -0.39 is 0 Å². The van der Waals surface area contributed by atoms with Crippen LogP contribution in [0.1, 0.15) is 10.6 Å². The summed E-state index contributed by atoms with van der Waals surface area (Å²) < 4.78 is 0. The van der Waals surface area contributed by atoms with Crippen molar-refractivity contribution in [1.29, 1.82) is 0 Å². The van der Waals surface area contributed by atoms with E-state index in [0.717, 1.165) is 5.01 Å². The van der Waals surface area contributed by atoms with Crippen molar-refractivity contribution in [2.45, 2.75) is 13.3 Å². The number of aromatic nitrogens is 2. The third-order valence-corrected chi connectivity index (χ3v) is 3.63. The molecule has 0 fully saturated rings. The Morgan fingerprint density at radius 3 is 2.89 bits per heavy atom. The third kappa shape index (κ3) is 2.49. The summed E-state index contributed by atoms with van der Waals surface area (Å²) in [5.41, 5.74) is 1.22. The molecule has 0 amide bonds. The first-order valence-electron chi connectivity index (χ1n) is 5.26. The minimum absolute atomic E-state index is 0.0890. The van der Waals surface area contributed by atoms with E-state index in [4.69, 9.17) is 11.6 Å². The first-order valence-corrected chi connectivity index (χ1v) is 6.61. The van der Waals surface area contributed by atoms with Crippen LogP contribution in [0.4, 0.5) is 5.69 Å². The molecule has 94 valence electrons. The number of halogens is 1.